The molecule has 0 radical (unpaired) electrons. The Labute approximate surface area is 277 Å². The van der Waals surface area contributed by atoms with Crippen LogP contribution in [0, 0.1) is 36.1 Å². The van der Waals surface area contributed by atoms with Gasteiger partial charge in [-0.25, -0.2) is 0 Å². The average molecular weight is 646 g/mol. The van der Waals surface area contributed by atoms with E-state index in [0.29, 0.717) is 48.9 Å². The third kappa shape index (κ3) is 11.4. The van der Waals surface area contributed by atoms with Gasteiger partial charge in [0.2, 0.25) is 0 Å². The molecule has 10 atom stereocenters. The van der Waals surface area contributed by atoms with Crippen LogP contribution in [0.3, 0.4) is 0 Å². The number of aliphatic hydroxyl groups excluding tert-OH is 2. The van der Waals surface area contributed by atoms with E-state index in [-0.39, 0.29) is 36.5 Å². The first kappa shape index (κ1) is 37.0. The van der Waals surface area contributed by atoms with Crippen molar-refractivity contribution in [2.24, 2.45) is 40.3 Å². The van der Waals surface area contributed by atoms with E-state index in [1.54, 1.807) is 7.11 Å². The summed E-state index contributed by atoms with van der Waals surface area (Å²) < 4.78 is 11.1. The van der Waals surface area contributed by atoms with Gasteiger partial charge in [0, 0.05) is 46.1 Å². The first-order valence-electron chi connectivity index (χ1n) is 18.4. The largest absolute Gasteiger partial charge is 0.462 e. The van der Waals surface area contributed by atoms with Crippen LogP contribution in [0.15, 0.2) is 16.1 Å². The fourth-order valence-corrected chi connectivity index (χ4v) is 8.84. The second-order valence-electron chi connectivity index (χ2n) is 15.0. The summed E-state index contributed by atoms with van der Waals surface area (Å²) in [6.45, 7) is 6.78. The molecule has 0 aromatic carbocycles. The van der Waals surface area contributed by atoms with E-state index >= 15 is 0 Å². The molecule has 46 heavy (non-hydrogen) atoms. The highest BCUT2D eigenvalue weighted by Gasteiger charge is 2.39. The van der Waals surface area contributed by atoms with Crippen molar-refractivity contribution < 1.29 is 34.6 Å². The van der Waals surface area contributed by atoms with Crippen molar-refractivity contribution in [1.29, 1.82) is 0 Å². The number of quaternary nitrogens is 1. The zero-order valence-corrected chi connectivity index (χ0v) is 28.8. The molecular weight excluding hydrogens is 582 g/mol. The van der Waals surface area contributed by atoms with Crippen LogP contribution in [-0.2, 0) is 19.1 Å². The third-order valence-corrected chi connectivity index (χ3v) is 11.6. The highest BCUT2D eigenvalue weighted by molar-refractivity contribution is 5.84. The Morgan fingerprint density at radius 3 is 2.61 bits per heavy atom. The molecule has 0 bridgehead atoms. The minimum atomic E-state index is -0.418. The number of nitrogens with zero attached hydrogens (tertiary/aromatic N) is 1. The number of aliphatic imine (C=N–C) groups is 1. The number of piperidine rings is 1. The Kier molecular flexibility index (Phi) is 15.0. The average Bonchev–Trinajstić information content (AvgIpc) is 3.47. The molecule has 2 aliphatic carbocycles. The maximum absolute atomic E-state index is 13.0. The number of rotatable bonds is 17. The van der Waals surface area contributed by atoms with Crippen molar-refractivity contribution in [3.63, 3.8) is 0 Å². The number of methoxy groups -OCH3 is 1. The van der Waals surface area contributed by atoms with Crippen LogP contribution in [-0.4, -0.2) is 72.4 Å². The standard InChI is InChI=1S/C37H62N3O6/c1-4-25(9-12-33(46-24(2)41)21-32(43)11-8-26-10-13-35(44)36(17-26)45-3)16-29-22-39-23-30(29)19-34(27-6-5-7-31(42)18-27)28-14-15-40-37(38)20-28/h22-23,25-28,31,33-37,40,42,44H,4-21,38H2,1-3H3/q+1/p+1. The number of carbonyl (C=O) groups excluding carboxylic acids is 2. The number of nitrogens with two attached hydrogens (primary N) is 2. The number of aliphatic hydroxyl groups is 2. The van der Waals surface area contributed by atoms with E-state index in [9.17, 15) is 19.8 Å². The van der Waals surface area contributed by atoms with Gasteiger partial charge in [-0.2, -0.15) is 0 Å². The Bertz CT molecular complexity index is 1010. The lowest BCUT2D eigenvalue weighted by molar-refractivity contribution is -0.699. The van der Waals surface area contributed by atoms with Gasteiger partial charge in [0.15, 0.2) is 6.21 Å². The zero-order chi connectivity index (χ0) is 33.1. The van der Waals surface area contributed by atoms with Gasteiger partial charge >= 0.3 is 5.97 Å². The maximum atomic E-state index is 13.0. The van der Waals surface area contributed by atoms with Crippen LogP contribution in [0.2, 0.25) is 0 Å². The number of hydrogen-bond acceptors (Lipinski definition) is 8. The van der Waals surface area contributed by atoms with E-state index in [1.807, 2.05) is 6.21 Å². The molecule has 0 aromatic rings. The predicted molar refractivity (Wildman–Crippen MR) is 180 cm³/mol. The van der Waals surface area contributed by atoms with Crippen molar-refractivity contribution in [2.45, 2.75) is 154 Å². The van der Waals surface area contributed by atoms with Gasteiger partial charge in [-0.3, -0.25) is 15.3 Å². The second kappa shape index (κ2) is 18.7. The molecular formula is C37H63N3O6+2. The summed E-state index contributed by atoms with van der Waals surface area (Å²) in [6, 6.07) is 0. The summed E-state index contributed by atoms with van der Waals surface area (Å²) in [6.07, 6.45) is 15.8. The Hall–Kier alpha value is -1.78. The number of carbonyl (C=O) groups is 2. The van der Waals surface area contributed by atoms with Crippen molar-refractivity contribution in [3.8, 4) is 0 Å². The smallest absolute Gasteiger partial charge is 0.302 e. The summed E-state index contributed by atoms with van der Waals surface area (Å²) in [4.78, 5) is 29.6. The van der Waals surface area contributed by atoms with Crippen LogP contribution in [0.4, 0.5) is 0 Å². The lowest BCUT2D eigenvalue weighted by Crippen LogP contribution is -2.94. The minimum absolute atomic E-state index is 0.140. The van der Waals surface area contributed by atoms with Crippen molar-refractivity contribution in [3.05, 3.63) is 17.7 Å². The normalized spacial score (nSPS) is 32.1. The van der Waals surface area contributed by atoms with Crippen LogP contribution in [0.1, 0.15) is 123 Å². The molecule has 260 valence electrons. The molecule has 9 heteroatoms. The van der Waals surface area contributed by atoms with E-state index < -0.39 is 12.2 Å². The quantitative estimate of drug-likeness (QED) is 0.136. The minimum Gasteiger partial charge on any atom is -0.462 e. The Morgan fingerprint density at radius 2 is 1.89 bits per heavy atom. The molecule has 2 heterocycles. The number of Topliss-reactive ketones (excluding diaryl/α,β-unsaturated/α-hetero) is 1. The molecule has 0 amide bonds. The summed E-state index contributed by atoms with van der Waals surface area (Å²) in [5.74, 6) is 2.19. The van der Waals surface area contributed by atoms with Crippen LogP contribution >= 0.6 is 0 Å². The third-order valence-electron chi connectivity index (χ3n) is 11.6. The van der Waals surface area contributed by atoms with E-state index in [4.69, 9.17) is 15.2 Å². The first-order valence-corrected chi connectivity index (χ1v) is 18.4. The highest BCUT2D eigenvalue weighted by Crippen LogP contribution is 2.42. The number of ether oxygens (including phenoxy) is 2. The molecule has 4 rings (SSSR count). The van der Waals surface area contributed by atoms with Crippen LogP contribution < -0.4 is 11.1 Å². The molecule has 9 nitrogen and oxygen atoms in total. The number of esters is 1. The van der Waals surface area contributed by atoms with E-state index in [1.165, 1.54) is 30.9 Å². The molecule has 0 spiro atoms. The maximum Gasteiger partial charge on any atom is 0.302 e. The lowest BCUT2D eigenvalue weighted by atomic mass is 9.68. The van der Waals surface area contributed by atoms with Gasteiger partial charge in [-0.15, -0.1) is 4.99 Å². The number of hydrogen-bond donors (Lipinski definition) is 4. The topological polar surface area (TPSA) is 148 Å². The summed E-state index contributed by atoms with van der Waals surface area (Å²) in [7, 11) is 1.64. The molecule has 2 saturated carbocycles. The van der Waals surface area contributed by atoms with Gasteiger partial charge in [-0.05, 0) is 93.8 Å². The van der Waals surface area contributed by atoms with Gasteiger partial charge in [0.1, 0.15) is 30.2 Å². The molecule has 2 aliphatic heterocycles. The van der Waals surface area contributed by atoms with Crippen molar-refractivity contribution >= 4 is 18.0 Å². The second-order valence-corrected chi connectivity index (χ2v) is 15.0. The molecule has 0 aromatic heterocycles. The number of allylic oxidation sites excluding steroid dienone is 1. The molecule has 6 N–H and O–H groups in total. The number of ketones is 1. The molecule has 3 fully saturated rings. The van der Waals surface area contributed by atoms with E-state index in [0.717, 1.165) is 77.2 Å². The fraction of sp³-hybridized carbons (Fsp3) is 0.838. The SMILES string of the molecule is CCC(CCC(CC(=O)CCC1CCC(O)C(OC)C1)OC(C)=O)CC1=C(CC(C2CCCC(O)C2)C2CC[NH2+]C(N)C2)[CH+]N=C1. The molecule has 10 unspecified atom stereocenters. The predicted octanol–water partition coefficient (Wildman–Crippen LogP) is 4.39. The fourth-order valence-electron chi connectivity index (χ4n) is 8.84. The first-order chi connectivity index (χ1) is 22.1. The monoisotopic (exact) mass is 645 g/mol. The van der Waals surface area contributed by atoms with Gasteiger partial charge < -0.3 is 25.0 Å². The van der Waals surface area contributed by atoms with Crippen molar-refractivity contribution in [1.82, 2.24) is 0 Å². The zero-order valence-electron chi connectivity index (χ0n) is 28.8. The van der Waals surface area contributed by atoms with E-state index in [2.05, 4.69) is 23.8 Å². The summed E-state index contributed by atoms with van der Waals surface area (Å²) in [5.41, 5.74) is 9.06. The van der Waals surface area contributed by atoms with Gasteiger partial charge in [-0.1, -0.05) is 19.8 Å². The van der Waals surface area contributed by atoms with Crippen LogP contribution in [0.25, 0.3) is 0 Å². The molecule has 4 aliphatic rings. The Balaban J connectivity index is 1.33. The summed E-state index contributed by atoms with van der Waals surface area (Å²) in [5, 5.41) is 22.9. The molecule has 1 saturated heterocycles. The summed E-state index contributed by atoms with van der Waals surface area (Å²) >= 11 is 0. The van der Waals surface area contributed by atoms with Crippen LogP contribution in [0.5, 0.6) is 0 Å². The lowest BCUT2D eigenvalue weighted by Gasteiger charge is -2.39. The van der Waals surface area contributed by atoms with Gasteiger partial charge in [0.25, 0.3) is 0 Å². The Morgan fingerprint density at radius 1 is 1.09 bits per heavy atom. The highest BCUT2D eigenvalue weighted by atomic mass is 16.5. The van der Waals surface area contributed by atoms with Crippen molar-refractivity contribution in [2.75, 3.05) is 13.7 Å². The van der Waals surface area contributed by atoms with Gasteiger partial charge in [0.05, 0.1) is 30.4 Å².